The van der Waals surface area contributed by atoms with Crippen molar-refractivity contribution in [2.24, 2.45) is 0 Å². The summed E-state index contributed by atoms with van der Waals surface area (Å²) in [5.74, 6) is 0.0457. The second-order valence-electron chi connectivity index (χ2n) is 10.6. The zero-order chi connectivity index (χ0) is 21.8. The number of carbonyl (C=O) groups is 2. The van der Waals surface area contributed by atoms with Gasteiger partial charge in [0, 0.05) is 24.9 Å². The summed E-state index contributed by atoms with van der Waals surface area (Å²) in [7, 11) is -5.09. The van der Waals surface area contributed by atoms with Gasteiger partial charge in [0.05, 0.1) is 12.2 Å². The van der Waals surface area contributed by atoms with Crippen LogP contribution in [0.5, 0.6) is 0 Å². The summed E-state index contributed by atoms with van der Waals surface area (Å²) in [6, 6.07) is 0.676. The molecule has 0 aliphatic carbocycles. The lowest BCUT2D eigenvalue weighted by Gasteiger charge is -2.50. The van der Waals surface area contributed by atoms with Crippen molar-refractivity contribution in [2.75, 3.05) is 0 Å². The van der Waals surface area contributed by atoms with Gasteiger partial charge >= 0.3 is 0 Å². The summed E-state index contributed by atoms with van der Waals surface area (Å²) in [6.45, 7) is 20.0. The maximum atomic E-state index is 12.5. The van der Waals surface area contributed by atoms with Gasteiger partial charge in [0.15, 0.2) is 16.6 Å². The highest BCUT2D eigenvalue weighted by atomic mass is 28.4. The van der Waals surface area contributed by atoms with Gasteiger partial charge in [0.2, 0.25) is 0 Å². The average molecular weight is 419 g/mol. The largest absolute Gasteiger partial charge is 0.454 e. The molecule has 0 aromatic rings. The fraction of sp³-hybridized carbons (Fsp3) is 0.900. The second-order valence-corrected chi connectivity index (χ2v) is 20.0. The standard InChI is InChI=1S/C20H42O5Si2/c1-15(21)11-17(23)13-26(9,19(3,4)5)25-27(10,20(6,7)8)14-18(24)12-16(2)22/h15-16,21-22H,11-14H2,1-10H3. The van der Waals surface area contributed by atoms with E-state index in [0.717, 1.165) is 0 Å². The van der Waals surface area contributed by atoms with Crippen LogP contribution in [0.4, 0.5) is 0 Å². The van der Waals surface area contributed by atoms with Crippen molar-refractivity contribution in [2.45, 2.75) is 116 Å². The molecule has 0 rings (SSSR count). The molecule has 2 N–H and O–H groups in total. The second kappa shape index (κ2) is 9.43. The van der Waals surface area contributed by atoms with Gasteiger partial charge in [0.25, 0.3) is 0 Å². The number of rotatable bonds is 10. The Labute approximate surface area is 168 Å². The predicted octanol–water partition coefficient (Wildman–Crippen LogP) is 4.43. The van der Waals surface area contributed by atoms with Crippen molar-refractivity contribution < 1.29 is 23.9 Å². The fourth-order valence-electron chi connectivity index (χ4n) is 2.96. The molecule has 0 spiro atoms. The molecule has 0 aliphatic heterocycles. The molecule has 0 aromatic carbocycles. The van der Waals surface area contributed by atoms with E-state index in [2.05, 4.69) is 54.6 Å². The number of ketones is 2. The normalized spacial score (nSPS) is 19.7. The quantitative estimate of drug-likeness (QED) is 0.513. The molecule has 0 bridgehead atoms. The lowest BCUT2D eigenvalue weighted by atomic mass is 10.2. The zero-order valence-electron chi connectivity index (χ0n) is 19.1. The highest BCUT2D eigenvalue weighted by molar-refractivity contribution is 6.91. The van der Waals surface area contributed by atoms with Crippen molar-refractivity contribution in [1.82, 2.24) is 0 Å². The average Bonchev–Trinajstić information content (AvgIpc) is 2.32. The van der Waals surface area contributed by atoms with E-state index in [0.29, 0.717) is 12.1 Å². The molecule has 0 fully saturated rings. The molecular formula is C20H42O5Si2. The van der Waals surface area contributed by atoms with Crippen molar-refractivity contribution in [1.29, 1.82) is 0 Å². The first-order chi connectivity index (χ1) is 11.8. The van der Waals surface area contributed by atoms with Crippen LogP contribution in [0, 0.1) is 0 Å². The summed E-state index contributed by atoms with van der Waals surface area (Å²) in [6.07, 6.45) is -1.04. The van der Waals surface area contributed by atoms with Gasteiger partial charge in [-0.25, -0.2) is 0 Å². The van der Waals surface area contributed by atoms with E-state index in [1.807, 2.05) is 0 Å². The molecule has 4 unspecified atom stereocenters. The molecule has 0 heterocycles. The summed E-state index contributed by atoms with van der Waals surface area (Å²) in [4.78, 5) is 25.1. The molecule has 0 aliphatic rings. The smallest absolute Gasteiger partial charge is 0.189 e. The van der Waals surface area contributed by atoms with Crippen LogP contribution in [0.1, 0.15) is 68.2 Å². The molecule has 27 heavy (non-hydrogen) atoms. The van der Waals surface area contributed by atoms with Crippen LogP contribution in [-0.4, -0.2) is 50.6 Å². The Morgan fingerprint density at radius 3 is 1.22 bits per heavy atom. The van der Waals surface area contributed by atoms with Crippen LogP contribution in [-0.2, 0) is 13.7 Å². The minimum Gasteiger partial charge on any atom is -0.454 e. The van der Waals surface area contributed by atoms with E-state index >= 15 is 0 Å². The van der Waals surface area contributed by atoms with Gasteiger partial charge in [-0.05, 0) is 37.0 Å². The fourth-order valence-corrected chi connectivity index (χ4v) is 12.8. The summed E-state index contributed by atoms with van der Waals surface area (Å²) >= 11 is 0. The Kier molecular flexibility index (Phi) is 9.31. The minimum absolute atomic E-state index is 0.0228. The van der Waals surface area contributed by atoms with Crippen LogP contribution in [0.25, 0.3) is 0 Å². The van der Waals surface area contributed by atoms with E-state index in [4.69, 9.17) is 4.12 Å². The number of carbonyl (C=O) groups excluding carboxylic acids is 2. The molecule has 7 heteroatoms. The van der Waals surface area contributed by atoms with Crippen molar-refractivity contribution >= 4 is 28.2 Å². The van der Waals surface area contributed by atoms with E-state index in [-0.39, 0.29) is 34.5 Å². The Balaban J connectivity index is 5.81. The van der Waals surface area contributed by atoms with Gasteiger partial charge in [-0.15, -0.1) is 0 Å². The Morgan fingerprint density at radius 2 is 1.04 bits per heavy atom. The van der Waals surface area contributed by atoms with Gasteiger partial charge in [0.1, 0.15) is 11.6 Å². The maximum absolute atomic E-state index is 12.5. The van der Waals surface area contributed by atoms with Crippen LogP contribution < -0.4 is 0 Å². The summed E-state index contributed by atoms with van der Waals surface area (Å²) in [5, 5.41) is 18.8. The van der Waals surface area contributed by atoms with Gasteiger partial charge in [-0.2, -0.15) is 0 Å². The zero-order valence-corrected chi connectivity index (χ0v) is 21.1. The van der Waals surface area contributed by atoms with Gasteiger partial charge in [-0.3, -0.25) is 9.59 Å². The van der Waals surface area contributed by atoms with E-state index in [1.165, 1.54) is 0 Å². The van der Waals surface area contributed by atoms with Gasteiger partial charge in [-0.1, -0.05) is 41.5 Å². The Morgan fingerprint density at radius 1 is 0.778 bits per heavy atom. The van der Waals surface area contributed by atoms with Crippen LogP contribution >= 0.6 is 0 Å². The molecule has 0 saturated heterocycles. The molecule has 0 radical (unpaired) electrons. The van der Waals surface area contributed by atoms with Crippen LogP contribution in [0.2, 0.25) is 35.3 Å². The number of hydrogen-bond acceptors (Lipinski definition) is 5. The van der Waals surface area contributed by atoms with E-state index in [1.54, 1.807) is 13.8 Å². The lowest BCUT2D eigenvalue weighted by Crippen LogP contribution is -2.58. The van der Waals surface area contributed by atoms with Crippen LogP contribution in [0.15, 0.2) is 0 Å². The third-order valence-corrected chi connectivity index (χ3v) is 17.8. The molecule has 0 aromatic heterocycles. The first kappa shape index (κ1) is 26.7. The number of aliphatic hydroxyl groups excluding tert-OH is 2. The first-order valence-electron chi connectivity index (χ1n) is 9.93. The summed E-state index contributed by atoms with van der Waals surface area (Å²) in [5.41, 5.74) is 0. The van der Waals surface area contributed by atoms with Crippen LogP contribution in [0.3, 0.4) is 0 Å². The molecular weight excluding hydrogens is 376 g/mol. The van der Waals surface area contributed by atoms with E-state index < -0.39 is 28.8 Å². The third kappa shape index (κ3) is 8.27. The Hall–Kier alpha value is -0.346. The molecule has 4 atom stereocenters. The molecule has 5 nitrogen and oxygen atoms in total. The first-order valence-corrected chi connectivity index (χ1v) is 15.2. The molecule has 0 amide bonds. The topological polar surface area (TPSA) is 83.8 Å². The van der Waals surface area contributed by atoms with E-state index in [9.17, 15) is 19.8 Å². The predicted molar refractivity (Wildman–Crippen MR) is 116 cm³/mol. The number of Topliss-reactive ketones (excluding diaryl/α,β-unsaturated/α-hetero) is 2. The molecule has 160 valence electrons. The molecule has 0 saturated carbocycles. The number of hydrogen-bond donors (Lipinski definition) is 2. The van der Waals surface area contributed by atoms with Crippen molar-refractivity contribution in [3.05, 3.63) is 0 Å². The highest BCUT2D eigenvalue weighted by Crippen LogP contribution is 2.48. The van der Waals surface area contributed by atoms with Crippen molar-refractivity contribution in [3.63, 3.8) is 0 Å². The maximum Gasteiger partial charge on any atom is 0.189 e. The monoisotopic (exact) mass is 418 g/mol. The Bertz CT molecular complexity index is 473. The number of aliphatic hydroxyl groups is 2. The summed E-state index contributed by atoms with van der Waals surface area (Å²) < 4.78 is 6.93. The SMILES string of the molecule is CC(O)CC(=O)C[Si](C)(O[Si](C)(CC(=O)CC(C)O)C(C)(C)C)C(C)(C)C. The minimum atomic E-state index is -2.55. The highest BCUT2D eigenvalue weighted by Gasteiger charge is 2.53. The lowest BCUT2D eigenvalue weighted by molar-refractivity contribution is -0.119. The van der Waals surface area contributed by atoms with Crippen molar-refractivity contribution in [3.8, 4) is 0 Å². The van der Waals surface area contributed by atoms with Gasteiger partial charge < -0.3 is 14.3 Å². The third-order valence-electron chi connectivity index (χ3n) is 5.74.